The maximum Gasteiger partial charge on any atom is 0.309 e. The van der Waals surface area contributed by atoms with E-state index in [1.807, 2.05) is 24.3 Å². The predicted octanol–water partition coefficient (Wildman–Crippen LogP) is 1.67. The van der Waals surface area contributed by atoms with Crippen molar-refractivity contribution in [3.05, 3.63) is 35.4 Å². The average molecular weight is 263 g/mol. The van der Waals surface area contributed by atoms with Crippen molar-refractivity contribution in [3.8, 4) is 0 Å². The molecular formula is C15H21NO3. The summed E-state index contributed by atoms with van der Waals surface area (Å²) in [5.41, 5.74) is 2.06. The largest absolute Gasteiger partial charge is 0.469 e. The summed E-state index contributed by atoms with van der Waals surface area (Å²) in [7, 11) is 1.41. The molecule has 1 aromatic carbocycles. The number of esters is 1. The Bertz CT molecular complexity index is 414. The van der Waals surface area contributed by atoms with Gasteiger partial charge in [0.2, 0.25) is 0 Å². The Kier molecular flexibility index (Phi) is 5.36. The van der Waals surface area contributed by atoms with Gasteiger partial charge in [0.25, 0.3) is 0 Å². The van der Waals surface area contributed by atoms with Crippen molar-refractivity contribution < 1.29 is 14.3 Å². The molecule has 0 atom stereocenters. The molecule has 1 aliphatic rings. The first kappa shape index (κ1) is 14.0. The highest BCUT2D eigenvalue weighted by Crippen LogP contribution is 2.15. The standard InChI is InChI=1S/C15H21NO3/c1-18-15(17)10-12-4-2-3-5-13(12)11-19-14-6-8-16-9-7-14/h2-5,14,16H,6-11H2,1H3. The lowest BCUT2D eigenvalue weighted by molar-refractivity contribution is -0.139. The van der Waals surface area contributed by atoms with Crippen molar-refractivity contribution in [2.24, 2.45) is 0 Å². The van der Waals surface area contributed by atoms with Crippen LogP contribution in [0.2, 0.25) is 0 Å². The molecule has 1 aliphatic heterocycles. The highest BCUT2D eigenvalue weighted by atomic mass is 16.5. The van der Waals surface area contributed by atoms with Gasteiger partial charge in [-0.05, 0) is 37.1 Å². The van der Waals surface area contributed by atoms with E-state index in [9.17, 15) is 4.79 Å². The van der Waals surface area contributed by atoms with Gasteiger partial charge in [0.1, 0.15) is 0 Å². The van der Waals surface area contributed by atoms with Crippen LogP contribution in [0.5, 0.6) is 0 Å². The summed E-state index contributed by atoms with van der Waals surface area (Å²) in [4.78, 5) is 11.4. The monoisotopic (exact) mass is 263 g/mol. The molecule has 1 fully saturated rings. The van der Waals surface area contributed by atoms with E-state index in [2.05, 4.69) is 5.32 Å². The quantitative estimate of drug-likeness (QED) is 0.821. The molecule has 4 nitrogen and oxygen atoms in total. The van der Waals surface area contributed by atoms with Gasteiger partial charge in [0, 0.05) is 0 Å². The summed E-state index contributed by atoms with van der Waals surface area (Å²) in [6.45, 7) is 2.61. The third-order valence-corrected chi connectivity index (χ3v) is 3.44. The van der Waals surface area contributed by atoms with Crippen LogP contribution < -0.4 is 5.32 Å². The van der Waals surface area contributed by atoms with E-state index in [1.54, 1.807) is 0 Å². The molecule has 4 heteroatoms. The number of carbonyl (C=O) groups excluding carboxylic acids is 1. The summed E-state index contributed by atoms with van der Waals surface area (Å²) >= 11 is 0. The van der Waals surface area contributed by atoms with E-state index in [4.69, 9.17) is 9.47 Å². The number of benzene rings is 1. The Balaban J connectivity index is 1.93. The minimum absolute atomic E-state index is 0.214. The van der Waals surface area contributed by atoms with Crippen LogP contribution in [0.25, 0.3) is 0 Å². The highest BCUT2D eigenvalue weighted by Gasteiger charge is 2.14. The number of methoxy groups -OCH3 is 1. The van der Waals surface area contributed by atoms with Crippen molar-refractivity contribution >= 4 is 5.97 Å². The van der Waals surface area contributed by atoms with Crippen molar-refractivity contribution in [1.82, 2.24) is 5.32 Å². The van der Waals surface area contributed by atoms with Crippen LogP contribution in [0, 0.1) is 0 Å². The van der Waals surface area contributed by atoms with Crippen LogP contribution >= 0.6 is 0 Å². The van der Waals surface area contributed by atoms with Gasteiger partial charge in [0.15, 0.2) is 0 Å². The van der Waals surface area contributed by atoms with E-state index in [0.29, 0.717) is 19.1 Å². The van der Waals surface area contributed by atoms with E-state index >= 15 is 0 Å². The number of hydrogen-bond acceptors (Lipinski definition) is 4. The van der Waals surface area contributed by atoms with Gasteiger partial charge in [-0.15, -0.1) is 0 Å². The molecule has 19 heavy (non-hydrogen) atoms. The van der Waals surface area contributed by atoms with Crippen molar-refractivity contribution in [1.29, 1.82) is 0 Å². The van der Waals surface area contributed by atoms with Crippen LogP contribution in [0.15, 0.2) is 24.3 Å². The van der Waals surface area contributed by atoms with Gasteiger partial charge in [0.05, 0.1) is 26.2 Å². The zero-order chi connectivity index (χ0) is 13.5. The number of rotatable bonds is 5. The van der Waals surface area contributed by atoms with Gasteiger partial charge in [-0.2, -0.15) is 0 Å². The molecule has 0 bridgehead atoms. The van der Waals surface area contributed by atoms with Crippen molar-refractivity contribution in [2.45, 2.75) is 32.0 Å². The van der Waals surface area contributed by atoms with Crippen molar-refractivity contribution in [3.63, 3.8) is 0 Å². The molecule has 2 rings (SSSR count). The molecular weight excluding hydrogens is 242 g/mol. The molecule has 1 aromatic rings. The fraction of sp³-hybridized carbons (Fsp3) is 0.533. The van der Waals surface area contributed by atoms with E-state index in [1.165, 1.54) is 7.11 Å². The Morgan fingerprint density at radius 2 is 1.95 bits per heavy atom. The number of nitrogens with one attached hydrogen (secondary N) is 1. The molecule has 1 N–H and O–H groups in total. The average Bonchev–Trinajstić information content (AvgIpc) is 2.47. The molecule has 0 aliphatic carbocycles. The third-order valence-electron chi connectivity index (χ3n) is 3.44. The number of hydrogen-bond donors (Lipinski definition) is 1. The fourth-order valence-electron chi connectivity index (χ4n) is 2.27. The van der Waals surface area contributed by atoms with Gasteiger partial charge in [-0.25, -0.2) is 0 Å². The Labute approximate surface area is 114 Å². The molecule has 0 spiro atoms. The van der Waals surface area contributed by atoms with E-state index in [-0.39, 0.29) is 5.97 Å². The van der Waals surface area contributed by atoms with Crippen LogP contribution in [-0.4, -0.2) is 32.3 Å². The van der Waals surface area contributed by atoms with Gasteiger partial charge >= 0.3 is 5.97 Å². The molecule has 0 saturated carbocycles. The summed E-state index contributed by atoms with van der Waals surface area (Å²) in [6.07, 6.45) is 2.74. The van der Waals surface area contributed by atoms with Crippen LogP contribution in [-0.2, 0) is 27.3 Å². The number of piperidine rings is 1. The first-order chi connectivity index (χ1) is 9.29. The minimum atomic E-state index is -0.214. The molecule has 0 amide bonds. The molecule has 1 heterocycles. The lowest BCUT2D eigenvalue weighted by Crippen LogP contribution is -2.32. The van der Waals surface area contributed by atoms with Crippen LogP contribution in [0.3, 0.4) is 0 Å². The maximum absolute atomic E-state index is 11.4. The zero-order valence-electron chi connectivity index (χ0n) is 11.4. The summed E-state index contributed by atoms with van der Waals surface area (Å²) < 4.78 is 10.6. The highest BCUT2D eigenvalue weighted by molar-refractivity contribution is 5.72. The third kappa shape index (κ3) is 4.33. The Morgan fingerprint density at radius 3 is 2.63 bits per heavy atom. The SMILES string of the molecule is COC(=O)Cc1ccccc1COC1CCNCC1. The van der Waals surface area contributed by atoms with E-state index < -0.39 is 0 Å². The summed E-state index contributed by atoms with van der Waals surface area (Å²) in [5, 5.41) is 3.32. The fourth-order valence-corrected chi connectivity index (χ4v) is 2.27. The topological polar surface area (TPSA) is 47.6 Å². The Morgan fingerprint density at radius 1 is 1.26 bits per heavy atom. The minimum Gasteiger partial charge on any atom is -0.469 e. The zero-order valence-corrected chi connectivity index (χ0v) is 11.4. The Hall–Kier alpha value is -1.39. The second-order valence-electron chi connectivity index (χ2n) is 4.78. The predicted molar refractivity (Wildman–Crippen MR) is 72.8 cm³/mol. The molecule has 1 saturated heterocycles. The molecule has 104 valence electrons. The summed E-state index contributed by atoms with van der Waals surface area (Å²) in [5.74, 6) is -0.214. The first-order valence-electron chi connectivity index (χ1n) is 6.75. The smallest absolute Gasteiger partial charge is 0.309 e. The molecule has 0 radical (unpaired) electrons. The lowest BCUT2D eigenvalue weighted by Gasteiger charge is -2.23. The molecule has 0 unspecified atom stereocenters. The molecule has 0 aromatic heterocycles. The van der Waals surface area contributed by atoms with Gasteiger partial charge in [-0.3, -0.25) is 4.79 Å². The van der Waals surface area contributed by atoms with Crippen LogP contribution in [0.1, 0.15) is 24.0 Å². The second-order valence-corrected chi connectivity index (χ2v) is 4.78. The normalized spacial score (nSPS) is 16.3. The van der Waals surface area contributed by atoms with E-state index in [0.717, 1.165) is 37.1 Å². The van der Waals surface area contributed by atoms with Gasteiger partial charge < -0.3 is 14.8 Å². The second kappa shape index (κ2) is 7.26. The van der Waals surface area contributed by atoms with Crippen molar-refractivity contribution in [2.75, 3.05) is 20.2 Å². The first-order valence-corrected chi connectivity index (χ1v) is 6.75. The summed E-state index contributed by atoms with van der Waals surface area (Å²) in [6, 6.07) is 7.88. The van der Waals surface area contributed by atoms with Gasteiger partial charge in [-0.1, -0.05) is 24.3 Å². The number of carbonyl (C=O) groups is 1. The maximum atomic E-state index is 11.4. The number of ether oxygens (including phenoxy) is 2. The van der Waals surface area contributed by atoms with Crippen LogP contribution in [0.4, 0.5) is 0 Å². The lowest BCUT2D eigenvalue weighted by atomic mass is 10.0.